The van der Waals surface area contributed by atoms with E-state index in [0.29, 0.717) is 16.1 Å². The van der Waals surface area contributed by atoms with Crippen LogP contribution in [-0.2, 0) is 9.84 Å². The van der Waals surface area contributed by atoms with Crippen LogP contribution < -0.4 is 5.73 Å². The van der Waals surface area contributed by atoms with Crippen LogP contribution in [0.1, 0.15) is 11.1 Å². The van der Waals surface area contributed by atoms with Gasteiger partial charge in [0.15, 0.2) is 9.84 Å². The Morgan fingerprint density at radius 1 is 1.31 bits per heavy atom. The molecule has 0 radical (unpaired) electrons. The van der Waals surface area contributed by atoms with Crippen LogP contribution in [0, 0.1) is 6.92 Å². The summed E-state index contributed by atoms with van der Waals surface area (Å²) in [6, 6.07) is 3.30. The van der Waals surface area contributed by atoms with E-state index in [-0.39, 0.29) is 0 Å². The van der Waals surface area contributed by atoms with Crippen molar-refractivity contribution in [1.82, 2.24) is 0 Å². The highest BCUT2D eigenvalue weighted by molar-refractivity contribution is 7.94. The maximum atomic E-state index is 11.4. The predicted molar refractivity (Wildman–Crippen MR) is 51.8 cm³/mol. The molecule has 0 fully saturated rings. The first-order chi connectivity index (χ1) is 6.00. The zero-order valence-corrected chi connectivity index (χ0v) is 7.93. The second-order valence-electron chi connectivity index (χ2n) is 3.09. The molecule has 2 rings (SSSR count). The van der Waals surface area contributed by atoms with Gasteiger partial charge in [0.2, 0.25) is 0 Å². The minimum atomic E-state index is -3.18. The summed E-state index contributed by atoms with van der Waals surface area (Å²) < 4.78 is 22.8. The number of rotatable bonds is 0. The lowest BCUT2D eigenvalue weighted by Crippen LogP contribution is -1.97. The van der Waals surface area contributed by atoms with Gasteiger partial charge in [0.05, 0.1) is 4.90 Å². The second kappa shape index (κ2) is 2.35. The van der Waals surface area contributed by atoms with E-state index >= 15 is 0 Å². The minimum Gasteiger partial charge on any atom is -0.398 e. The number of nitrogen functional groups attached to an aromatic ring is 1. The zero-order chi connectivity index (χ0) is 9.64. The SMILES string of the molecule is Cc1cc2c(cc1N)C=CS2(=O)=O. The van der Waals surface area contributed by atoms with Crippen LogP contribution >= 0.6 is 0 Å². The van der Waals surface area contributed by atoms with Crippen molar-refractivity contribution >= 4 is 21.6 Å². The van der Waals surface area contributed by atoms with Gasteiger partial charge in [-0.15, -0.1) is 0 Å². The van der Waals surface area contributed by atoms with Gasteiger partial charge in [0.25, 0.3) is 0 Å². The second-order valence-corrected chi connectivity index (χ2v) is 4.90. The van der Waals surface area contributed by atoms with Crippen molar-refractivity contribution in [3.63, 3.8) is 0 Å². The molecule has 0 bridgehead atoms. The maximum absolute atomic E-state index is 11.4. The van der Waals surface area contributed by atoms with E-state index in [1.165, 1.54) is 5.41 Å². The fourth-order valence-corrected chi connectivity index (χ4v) is 2.60. The van der Waals surface area contributed by atoms with Crippen molar-refractivity contribution in [2.45, 2.75) is 11.8 Å². The highest BCUT2D eigenvalue weighted by atomic mass is 32.2. The molecule has 4 heteroatoms. The highest BCUT2D eigenvalue weighted by Gasteiger charge is 2.20. The van der Waals surface area contributed by atoms with Crippen molar-refractivity contribution in [3.05, 3.63) is 28.7 Å². The van der Waals surface area contributed by atoms with Crippen LogP contribution in [0.15, 0.2) is 22.4 Å². The third-order valence-corrected chi connectivity index (χ3v) is 3.59. The number of benzene rings is 1. The Bertz CT molecular complexity index is 501. The number of nitrogens with two attached hydrogens (primary N) is 1. The lowest BCUT2D eigenvalue weighted by atomic mass is 10.1. The molecular formula is C9H9NO2S. The number of hydrogen-bond donors (Lipinski definition) is 1. The molecule has 1 aliphatic heterocycles. The minimum absolute atomic E-state index is 0.360. The summed E-state index contributed by atoms with van der Waals surface area (Å²) in [5.41, 5.74) is 7.76. The number of hydrogen-bond acceptors (Lipinski definition) is 3. The molecule has 0 spiro atoms. The Labute approximate surface area is 76.8 Å². The lowest BCUT2D eigenvalue weighted by molar-refractivity contribution is 0.605. The van der Waals surface area contributed by atoms with Crippen molar-refractivity contribution in [2.75, 3.05) is 5.73 Å². The topological polar surface area (TPSA) is 60.2 Å². The Morgan fingerprint density at radius 3 is 2.69 bits per heavy atom. The molecule has 68 valence electrons. The van der Waals surface area contributed by atoms with Gasteiger partial charge in [0.1, 0.15) is 0 Å². The maximum Gasteiger partial charge on any atom is 0.200 e. The molecule has 1 aromatic carbocycles. The fraction of sp³-hybridized carbons (Fsp3) is 0.111. The largest absolute Gasteiger partial charge is 0.398 e. The molecule has 0 aromatic heterocycles. The van der Waals surface area contributed by atoms with Crippen LogP contribution in [0.25, 0.3) is 6.08 Å². The van der Waals surface area contributed by atoms with Crippen LogP contribution in [0.5, 0.6) is 0 Å². The smallest absolute Gasteiger partial charge is 0.200 e. The quantitative estimate of drug-likeness (QED) is 0.635. The Balaban J connectivity index is 2.81. The first kappa shape index (κ1) is 8.31. The van der Waals surface area contributed by atoms with Crippen molar-refractivity contribution in [3.8, 4) is 0 Å². The number of anilines is 1. The van der Waals surface area contributed by atoms with Crippen LogP contribution in [0.3, 0.4) is 0 Å². The summed E-state index contributed by atoms with van der Waals surface area (Å²) in [4.78, 5) is 0.360. The molecular weight excluding hydrogens is 186 g/mol. The molecule has 3 nitrogen and oxygen atoms in total. The number of aryl methyl sites for hydroxylation is 1. The first-order valence-electron chi connectivity index (χ1n) is 3.84. The molecule has 0 saturated carbocycles. The average molecular weight is 195 g/mol. The third kappa shape index (κ3) is 1.14. The number of fused-ring (bicyclic) bond motifs is 1. The highest BCUT2D eigenvalue weighted by Crippen LogP contribution is 2.30. The number of sulfone groups is 1. The molecule has 13 heavy (non-hydrogen) atoms. The van der Waals surface area contributed by atoms with Gasteiger partial charge in [-0.1, -0.05) is 0 Å². The molecule has 0 amide bonds. The Hall–Kier alpha value is -1.29. The van der Waals surface area contributed by atoms with E-state index < -0.39 is 9.84 Å². The van der Waals surface area contributed by atoms with Gasteiger partial charge < -0.3 is 5.73 Å². The molecule has 0 aliphatic carbocycles. The molecule has 0 atom stereocenters. The van der Waals surface area contributed by atoms with E-state index in [4.69, 9.17) is 5.73 Å². The van der Waals surface area contributed by atoms with Crippen LogP contribution in [0.2, 0.25) is 0 Å². The molecule has 0 saturated heterocycles. The van der Waals surface area contributed by atoms with Crippen LogP contribution in [-0.4, -0.2) is 8.42 Å². The summed E-state index contributed by atoms with van der Waals surface area (Å²) in [6.07, 6.45) is 1.57. The van der Waals surface area contributed by atoms with Gasteiger partial charge in [0, 0.05) is 11.1 Å². The Kier molecular flexibility index (Phi) is 1.51. The lowest BCUT2D eigenvalue weighted by Gasteiger charge is -2.03. The fourth-order valence-electron chi connectivity index (χ4n) is 1.33. The van der Waals surface area contributed by atoms with Gasteiger partial charge in [-0.3, -0.25) is 0 Å². The van der Waals surface area contributed by atoms with Gasteiger partial charge in [-0.25, -0.2) is 8.42 Å². The molecule has 0 unspecified atom stereocenters. The van der Waals surface area contributed by atoms with E-state index in [1.54, 1.807) is 25.1 Å². The van der Waals surface area contributed by atoms with Gasteiger partial charge >= 0.3 is 0 Å². The normalized spacial score (nSPS) is 17.3. The van der Waals surface area contributed by atoms with E-state index in [0.717, 1.165) is 5.56 Å². The summed E-state index contributed by atoms with van der Waals surface area (Å²) in [7, 11) is -3.18. The molecule has 1 aliphatic rings. The van der Waals surface area contributed by atoms with Crippen molar-refractivity contribution < 1.29 is 8.42 Å². The predicted octanol–water partition coefficient (Wildman–Crippen LogP) is 1.34. The van der Waals surface area contributed by atoms with Gasteiger partial charge in [-0.05, 0) is 36.3 Å². The average Bonchev–Trinajstić information content (AvgIpc) is 2.31. The standard InChI is InChI=1S/C9H9NO2S/c1-6-4-9-7(5-8(6)10)2-3-13(9,11)12/h2-5H,10H2,1H3. The molecule has 1 aromatic rings. The van der Waals surface area contributed by atoms with Crippen LogP contribution in [0.4, 0.5) is 5.69 Å². The summed E-state index contributed by atoms with van der Waals surface area (Å²) in [6.45, 7) is 1.80. The summed E-state index contributed by atoms with van der Waals surface area (Å²) >= 11 is 0. The van der Waals surface area contributed by atoms with E-state index in [2.05, 4.69) is 0 Å². The van der Waals surface area contributed by atoms with E-state index in [1.807, 2.05) is 0 Å². The zero-order valence-electron chi connectivity index (χ0n) is 7.11. The summed E-state index contributed by atoms with van der Waals surface area (Å²) in [5, 5.41) is 1.20. The summed E-state index contributed by atoms with van der Waals surface area (Å²) in [5.74, 6) is 0. The molecule has 2 N–H and O–H groups in total. The van der Waals surface area contributed by atoms with E-state index in [9.17, 15) is 8.42 Å². The molecule has 1 heterocycles. The Morgan fingerprint density at radius 2 is 2.00 bits per heavy atom. The van der Waals surface area contributed by atoms with Crippen molar-refractivity contribution in [2.24, 2.45) is 0 Å². The van der Waals surface area contributed by atoms with Crippen molar-refractivity contribution in [1.29, 1.82) is 0 Å². The first-order valence-corrected chi connectivity index (χ1v) is 5.38. The third-order valence-electron chi connectivity index (χ3n) is 2.13. The monoisotopic (exact) mass is 195 g/mol. The van der Waals surface area contributed by atoms with Gasteiger partial charge in [-0.2, -0.15) is 0 Å².